The maximum absolute atomic E-state index is 10.2. The number of aliphatic hydroxyl groups excluding tert-OH is 1. The van der Waals surface area contributed by atoms with Crippen LogP contribution in [0.5, 0.6) is 5.75 Å². The molecule has 1 saturated heterocycles. The quantitative estimate of drug-likeness (QED) is 0.767. The standard InChI is InChI=1S/C19H21Cl3N2O2/c20-14-1-4-17(5-2-14)26-13-16(25)12-23-7-9-24(10-8-23)15-3-6-18(21)19(22)11-15/h1-6,11,16,25H,7-10,12-13H2. The number of anilines is 1. The van der Waals surface area contributed by atoms with E-state index in [1.54, 1.807) is 24.3 Å². The molecule has 2 aromatic carbocycles. The van der Waals surface area contributed by atoms with E-state index < -0.39 is 6.10 Å². The van der Waals surface area contributed by atoms with Gasteiger partial charge in [-0.05, 0) is 42.5 Å². The summed E-state index contributed by atoms with van der Waals surface area (Å²) in [7, 11) is 0. The van der Waals surface area contributed by atoms with Crippen LogP contribution in [0.1, 0.15) is 0 Å². The van der Waals surface area contributed by atoms with Crippen LogP contribution in [0.2, 0.25) is 15.1 Å². The molecule has 0 saturated carbocycles. The first-order chi connectivity index (χ1) is 12.5. The molecule has 1 heterocycles. The predicted molar refractivity (Wildman–Crippen MR) is 108 cm³/mol. The second-order valence-electron chi connectivity index (χ2n) is 6.30. The molecule has 0 radical (unpaired) electrons. The van der Waals surface area contributed by atoms with Crippen LogP contribution in [-0.4, -0.2) is 55.4 Å². The van der Waals surface area contributed by atoms with Gasteiger partial charge in [0.05, 0.1) is 10.0 Å². The molecule has 0 amide bonds. The topological polar surface area (TPSA) is 35.9 Å². The smallest absolute Gasteiger partial charge is 0.119 e. The molecule has 26 heavy (non-hydrogen) atoms. The van der Waals surface area contributed by atoms with Gasteiger partial charge in [0.2, 0.25) is 0 Å². The summed E-state index contributed by atoms with van der Waals surface area (Å²) in [6.45, 7) is 4.35. The van der Waals surface area contributed by atoms with E-state index in [4.69, 9.17) is 39.5 Å². The van der Waals surface area contributed by atoms with Gasteiger partial charge in [0.1, 0.15) is 18.5 Å². The number of ether oxygens (including phenoxy) is 1. The second kappa shape index (κ2) is 9.16. The van der Waals surface area contributed by atoms with Crippen molar-refractivity contribution in [3.05, 3.63) is 57.5 Å². The number of hydrogen-bond donors (Lipinski definition) is 1. The average molecular weight is 416 g/mol. The Morgan fingerprint density at radius 2 is 1.62 bits per heavy atom. The Bertz CT molecular complexity index is 719. The summed E-state index contributed by atoms with van der Waals surface area (Å²) >= 11 is 17.9. The van der Waals surface area contributed by atoms with Gasteiger partial charge >= 0.3 is 0 Å². The molecule has 1 aliphatic rings. The summed E-state index contributed by atoms with van der Waals surface area (Å²) in [6.07, 6.45) is -0.540. The van der Waals surface area contributed by atoms with E-state index in [9.17, 15) is 5.11 Å². The van der Waals surface area contributed by atoms with Gasteiger partial charge in [0.15, 0.2) is 0 Å². The highest BCUT2D eigenvalue weighted by molar-refractivity contribution is 6.42. The summed E-state index contributed by atoms with van der Waals surface area (Å²) in [5, 5.41) is 12.0. The second-order valence-corrected chi connectivity index (χ2v) is 7.56. The van der Waals surface area contributed by atoms with Crippen molar-refractivity contribution in [1.29, 1.82) is 0 Å². The molecule has 1 N–H and O–H groups in total. The van der Waals surface area contributed by atoms with E-state index in [0.717, 1.165) is 31.9 Å². The van der Waals surface area contributed by atoms with Gasteiger partial charge in [-0.15, -0.1) is 0 Å². The van der Waals surface area contributed by atoms with Crippen LogP contribution in [0.25, 0.3) is 0 Å². The lowest BCUT2D eigenvalue weighted by molar-refractivity contribution is 0.0663. The van der Waals surface area contributed by atoms with Crippen molar-refractivity contribution < 1.29 is 9.84 Å². The van der Waals surface area contributed by atoms with E-state index in [2.05, 4.69) is 9.80 Å². The van der Waals surface area contributed by atoms with Gasteiger partial charge in [-0.25, -0.2) is 0 Å². The minimum atomic E-state index is -0.540. The summed E-state index contributed by atoms with van der Waals surface area (Å²) in [5.41, 5.74) is 1.07. The summed E-state index contributed by atoms with van der Waals surface area (Å²) in [4.78, 5) is 4.51. The van der Waals surface area contributed by atoms with Gasteiger partial charge in [-0.3, -0.25) is 4.90 Å². The molecular weight excluding hydrogens is 395 g/mol. The number of aliphatic hydroxyl groups is 1. The highest BCUT2D eigenvalue weighted by atomic mass is 35.5. The lowest BCUT2D eigenvalue weighted by Gasteiger charge is -2.37. The molecule has 0 aliphatic carbocycles. The molecule has 1 atom stereocenters. The van der Waals surface area contributed by atoms with E-state index >= 15 is 0 Å². The molecule has 0 bridgehead atoms. The van der Waals surface area contributed by atoms with Gasteiger partial charge < -0.3 is 14.7 Å². The maximum atomic E-state index is 10.2. The molecule has 1 fully saturated rings. The monoisotopic (exact) mass is 414 g/mol. The fourth-order valence-corrected chi connectivity index (χ4v) is 3.36. The number of benzene rings is 2. The van der Waals surface area contributed by atoms with Crippen molar-refractivity contribution in [3.8, 4) is 5.75 Å². The van der Waals surface area contributed by atoms with E-state index in [1.807, 2.05) is 18.2 Å². The molecular formula is C19H21Cl3N2O2. The number of piperazine rings is 1. The van der Waals surface area contributed by atoms with Crippen molar-refractivity contribution >= 4 is 40.5 Å². The summed E-state index contributed by atoms with van der Waals surface area (Å²) in [5.74, 6) is 0.706. The third kappa shape index (κ3) is 5.41. The molecule has 140 valence electrons. The molecule has 0 spiro atoms. The van der Waals surface area contributed by atoms with Crippen molar-refractivity contribution in [3.63, 3.8) is 0 Å². The first kappa shape index (κ1) is 19.6. The molecule has 7 heteroatoms. The van der Waals surface area contributed by atoms with Crippen LogP contribution in [0, 0.1) is 0 Å². The zero-order chi connectivity index (χ0) is 18.5. The van der Waals surface area contributed by atoms with Crippen molar-refractivity contribution in [2.45, 2.75) is 6.10 Å². The molecule has 1 unspecified atom stereocenters. The van der Waals surface area contributed by atoms with Crippen LogP contribution < -0.4 is 9.64 Å². The normalized spacial score (nSPS) is 16.5. The summed E-state index contributed by atoms with van der Waals surface area (Å²) < 4.78 is 5.61. The predicted octanol–water partition coefficient (Wildman–Crippen LogP) is 4.21. The van der Waals surface area contributed by atoms with Crippen LogP contribution in [0.3, 0.4) is 0 Å². The Labute approximate surface area is 168 Å². The Morgan fingerprint density at radius 1 is 0.923 bits per heavy atom. The SMILES string of the molecule is OC(COc1ccc(Cl)cc1)CN1CCN(c2ccc(Cl)c(Cl)c2)CC1. The molecule has 2 aromatic rings. The van der Waals surface area contributed by atoms with Crippen LogP contribution in [-0.2, 0) is 0 Å². The van der Waals surface area contributed by atoms with Gasteiger partial charge in [-0.2, -0.15) is 0 Å². The fourth-order valence-electron chi connectivity index (χ4n) is 2.94. The Balaban J connectivity index is 1.43. The first-order valence-corrected chi connectivity index (χ1v) is 9.63. The molecule has 3 rings (SSSR count). The maximum Gasteiger partial charge on any atom is 0.119 e. The number of hydrogen-bond acceptors (Lipinski definition) is 4. The largest absolute Gasteiger partial charge is 0.491 e. The lowest BCUT2D eigenvalue weighted by Crippen LogP contribution is -2.49. The minimum absolute atomic E-state index is 0.259. The van der Waals surface area contributed by atoms with E-state index in [0.29, 0.717) is 27.4 Å². The van der Waals surface area contributed by atoms with Crippen LogP contribution >= 0.6 is 34.8 Å². The third-order valence-corrected chi connectivity index (χ3v) is 5.36. The number of β-amino-alcohol motifs (C(OH)–C–C–N with tert-alkyl or cyclic N) is 1. The Kier molecular flexibility index (Phi) is 6.90. The highest BCUT2D eigenvalue weighted by Gasteiger charge is 2.20. The Morgan fingerprint density at radius 3 is 2.27 bits per heavy atom. The summed E-state index contributed by atoms with van der Waals surface area (Å²) in [6, 6.07) is 12.8. The Hall–Kier alpha value is -1.17. The third-order valence-electron chi connectivity index (χ3n) is 4.37. The highest BCUT2D eigenvalue weighted by Crippen LogP contribution is 2.27. The lowest BCUT2D eigenvalue weighted by atomic mass is 10.2. The number of rotatable bonds is 6. The van der Waals surface area contributed by atoms with Crippen LogP contribution in [0.15, 0.2) is 42.5 Å². The fraction of sp³-hybridized carbons (Fsp3) is 0.368. The average Bonchev–Trinajstić information content (AvgIpc) is 2.64. The molecule has 4 nitrogen and oxygen atoms in total. The molecule has 1 aliphatic heterocycles. The van der Waals surface area contributed by atoms with E-state index in [-0.39, 0.29) is 6.61 Å². The van der Waals surface area contributed by atoms with Crippen molar-refractivity contribution in [1.82, 2.24) is 4.90 Å². The number of halogens is 3. The molecule has 0 aromatic heterocycles. The van der Waals surface area contributed by atoms with Gasteiger partial charge in [0, 0.05) is 43.4 Å². The first-order valence-electron chi connectivity index (χ1n) is 8.50. The zero-order valence-electron chi connectivity index (χ0n) is 14.2. The van der Waals surface area contributed by atoms with Crippen molar-refractivity contribution in [2.24, 2.45) is 0 Å². The van der Waals surface area contributed by atoms with Gasteiger partial charge in [0.25, 0.3) is 0 Å². The van der Waals surface area contributed by atoms with Crippen molar-refractivity contribution in [2.75, 3.05) is 44.2 Å². The van der Waals surface area contributed by atoms with Gasteiger partial charge in [-0.1, -0.05) is 34.8 Å². The van der Waals surface area contributed by atoms with Crippen LogP contribution in [0.4, 0.5) is 5.69 Å². The number of nitrogens with zero attached hydrogens (tertiary/aromatic N) is 2. The van der Waals surface area contributed by atoms with E-state index in [1.165, 1.54) is 0 Å². The minimum Gasteiger partial charge on any atom is -0.491 e. The zero-order valence-corrected chi connectivity index (χ0v) is 16.5.